The Hall–Kier alpha value is -2.52. The zero-order valence-corrected chi connectivity index (χ0v) is 14.6. The number of carbonyl (C=O) groups is 1. The highest BCUT2D eigenvalue weighted by Gasteiger charge is 2.20. The molecule has 2 N–H and O–H groups in total. The van der Waals surface area contributed by atoms with Crippen LogP contribution >= 0.6 is 11.6 Å². The van der Waals surface area contributed by atoms with E-state index in [2.05, 4.69) is 30.3 Å². The second-order valence-electron chi connectivity index (χ2n) is 6.44. The third-order valence-electron chi connectivity index (χ3n) is 4.86. The van der Waals surface area contributed by atoms with E-state index in [1.165, 1.54) is 21.9 Å². The molecule has 0 unspecified atom stereocenters. The van der Waals surface area contributed by atoms with Gasteiger partial charge < -0.3 is 10.5 Å². The molecule has 3 nitrogen and oxygen atoms in total. The maximum Gasteiger partial charge on any atom is 0.338 e. The predicted octanol–water partition coefficient (Wildman–Crippen LogP) is 5.09. The summed E-state index contributed by atoms with van der Waals surface area (Å²) in [5, 5.41) is 2.92. The molecule has 0 radical (unpaired) electrons. The molecule has 0 saturated heterocycles. The molecule has 1 atom stereocenters. The van der Waals surface area contributed by atoms with E-state index in [4.69, 9.17) is 22.1 Å². The number of aryl methyl sites for hydroxylation is 2. The molecule has 0 heterocycles. The van der Waals surface area contributed by atoms with Crippen molar-refractivity contribution in [2.24, 2.45) is 0 Å². The van der Waals surface area contributed by atoms with E-state index in [1.807, 2.05) is 6.92 Å². The monoisotopic (exact) mass is 351 g/mol. The van der Waals surface area contributed by atoms with Crippen LogP contribution in [0.5, 0.6) is 0 Å². The molecule has 0 fully saturated rings. The summed E-state index contributed by atoms with van der Waals surface area (Å²) in [4.78, 5) is 12.5. The molecule has 0 aliphatic heterocycles. The van der Waals surface area contributed by atoms with Gasteiger partial charge in [-0.25, -0.2) is 4.79 Å². The van der Waals surface area contributed by atoms with Crippen molar-refractivity contribution < 1.29 is 9.53 Å². The van der Waals surface area contributed by atoms with E-state index < -0.39 is 5.97 Å². The molecule has 25 heavy (non-hydrogen) atoms. The SMILES string of the molecule is C[C@H](OC(=O)c1ccc(Cl)c(N)c1)c1ccc2c3c(cccc13)CC2. The Balaban J connectivity index is 1.66. The van der Waals surface area contributed by atoms with Crippen LogP contribution in [0.2, 0.25) is 5.02 Å². The molecule has 4 rings (SSSR count). The number of hydrogen-bond acceptors (Lipinski definition) is 3. The van der Waals surface area contributed by atoms with Crippen LogP contribution in [0.15, 0.2) is 48.5 Å². The standard InChI is InChI=1S/C21H18ClNO2/c1-12(25-21(24)15-8-10-18(22)19(23)11-15)16-9-7-14-6-5-13-3-2-4-17(16)20(13)14/h2-4,7-12H,5-6,23H2,1H3/t12-/m0/s1. The van der Waals surface area contributed by atoms with Gasteiger partial charge in [-0.3, -0.25) is 0 Å². The minimum Gasteiger partial charge on any atom is -0.454 e. The normalized spacial score (nSPS) is 13.8. The van der Waals surface area contributed by atoms with E-state index in [-0.39, 0.29) is 6.10 Å². The van der Waals surface area contributed by atoms with Gasteiger partial charge in [-0.15, -0.1) is 0 Å². The largest absolute Gasteiger partial charge is 0.454 e. The van der Waals surface area contributed by atoms with Gasteiger partial charge in [0, 0.05) is 5.56 Å². The van der Waals surface area contributed by atoms with Crippen LogP contribution in [0.4, 0.5) is 5.69 Å². The number of benzene rings is 3. The number of nitrogen functional groups attached to an aromatic ring is 1. The fraction of sp³-hybridized carbons (Fsp3) is 0.190. The van der Waals surface area contributed by atoms with Crippen LogP contribution in [-0.4, -0.2) is 5.97 Å². The lowest BCUT2D eigenvalue weighted by atomic mass is 9.97. The lowest BCUT2D eigenvalue weighted by Crippen LogP contribution is -2.10. The Labute approximate surface area is 151 Å². The summed E-state index contributed by atoms with van der Waals surface area (Å²) in [5.41, 5.74) is 10.3. The van der Waals surface area contributed by atoms with Crippen LogP contribution in [0, 0.1) is 0 Å². The van der Waals surface area contributed by atoms with E-state index in [0.717, 1.165) is 18.4 Å². The lowest BCUT2D eigenvalue weighted by Gasteiger charge is -2.17. The molecule has 0 aromatic heterocycles. The zero-order valence-electron chi connectivity index (χ0n) is 13.9. The van der Waals surface area contributed by atoms with Crippen LogP contribution in [-0.2, 0) is 17.6 Å². The van der Waals surface area contributed by atoms with Crippen LogP contribution in [0.3, 0.4) is 0 Å². The van der Waals surface area contributed by atoms with Crippen LogP contribution < -0.4 is 5.73 Å². The van der Waals surface area contributed by atoms with Crippen molar-refractivity contribution in [1.82, 2.24) is 0 Å². The molecule has 0 amide bonds. The predicted molar refractivity (Wildman–Crippen MR) is 101 cm³/mol. The first-order valence-corrected chi connectivity index (χ1v) is 8.72. The highest BCUT2D eigenvalue weighted by Crippen LogP contribution is 2.36. The first-order chi connectivity index (χ1) is 12.0. The summed E-state index contributed by atoms with van der Waals surface area (Å²) >= 11 is 5.91. The number of halogens is 1. The smallest absolute Gasteiger partial charge is 0.338 e. The first kappa shape index (κ1) is 16.0. The molecule has 3 aromatic carbocycles. The quantitative estimate of drug-likeness (QED) is 0.528. The molecule has 1 aliphatic carbocycles. The van der Waals surface area contributed by atoms with Gasteiger partial charge in [0.2, 0.25) is 0 Å². The molecule has 4 heteroatoms. The second-order valence-corrected chi connectivity index (χ2v) is 6.84. The summed E-state index contributed by atoms with van der Waals surface area (Å²) in [6.07, 6.45) is 1.80. The van der Waals surface area contributed by atoms with Crippen LogP contribution in [0.25, 0.3) is 10.8 Å². The first-order valence-electron chi connectivity index (χ1n) is 8.34. The highest BCUT2D eigenvalue weighted by atomic mass is 35.5. The van der Waals surface area contributed by atoms with Gasteiger partial charge in [-0.1, -0.05) is 41.9 Å². The summed E-state index contributed by atoms with van der Waals surface area (Å²) in [6.45, 7) is 1.90. The summed E-state index contributed by atoms with van der Waals surface area (Å²) in [7, 11) is 0. The van der Waals surface area contributed by atoms with Crippen molar-refractivity contribution in [1.29, 1.82) is 0 Å². The molecule has 0 saturated carbocycles. The molecule has 0 spiro atoms. The summed E-state index contributed by atoms with van der Waals surface area (Å²) in [5.74, 6) is -0.404. The van der Waals surface area contributed by atoms with Crippen molar-refractivity contribution in [3.05, 3.63) is 75.8 Å². The van der Waals surface area contributed by atoms with Gasteiger partial charge >= 0.3 is 5.97 Å². The zero-order chi connectivity index (χ0) is 17.6. The average molecular weight is 352 g/mol. The topological polar surface area (TPSA) is 52.3 Å². The van der Waals surface area contributed by atoms with Gasteiger partial charge in [-0.05, 0) is 59.9 Å². The van der Waals surface area contributed by atoms with E-state index in [0.29, 0.717) is 16.3 Å². The molecule has 126 valence electrons. The Morgan fingerprint density at radius 1 is 1.12 bits per heavy atom. The van der Waals surface area contributed by atoms with Gasteiger partial charge in [0.1, 0.15) is 6.10 Å². The van der Waals surface area contributed by atoms with Crippen molar-refractivity contribution in [3.8, 4) is 0 Å². The number of anilines is 1. The Kier molecular flexibility index (Phi) is 3.89. The number of hydrogen-bond donors (Lipinski definition) is 1. The number of esters is 1. The van der Waals surface area contributed by atoms with Crippen LogP contribution in [0.1, 0.15) is 40.1 Å². The third-order valence-corrected chi connectivity index (χ3v) is 5.21. The minimum atomic E-state index is -0.404. The number of carbonyl (C=O) groups excluding carboxylic acids is 1. The summed E-state index contributed by atoms with van der Waals surface area (Å²) in [6, 6.07) is 15.4. The molecule has 1 aliphatic rings. The van der Waals surface area contributed by atoms with Crippen molar-refractivity contribution in [3.63, 3.8) is 0 Å². The van der Waals surface area contributed by atoms with E-state index in [9.17, 15) is 4.79 Å². The maximum atomic E-state index is 12.5. The molecule has 3 aromatic rings. The molecular weight excluding hydrogens is 334 g/mol. The number of ether oxygens (including phenoxy) is 1. The van der Waals surface area contributed by atoms with E-state index in [1.54, 1.807) is 18.2 Å². The van der Waals surface area contributed by atoms with Gasteiger partial charge in [0.25, 0.3) is 0 Å². The maximum absolute atomic E-state index is 12.5. The Morgan fingerprint density at radius 2 is 1.88 bits per heavy atom. The second kappa shape index (κ2) is 6.08. The Morgan fingerprint density at radius 3 is 2.64 bits per heavy atom. The van der Waals surface area contributed by atoms with Crippen molar-refractivity contribution in [2.45, 2.75) is 25.9 Å². The molecule has 0 bridgehead atoms. The molecular formula is C21H18ClNO2. The van der Waals surface area contributed by atoms with Gasteiger partial charge in [0.05, 0.1) is 16.3 Å². The van der Waals surface area contributed by atoms with Gasteiger partial charge in [-0.2, -0.15) is 0 Å². The fourth-order valence-corrected chi connectivity index (χ4v) is 3.70. The minimum absolute atomic E-state index is 0.352. The highest BCUT2D eigenvalue weighted by molar-refractivity contribution is 6.33. The van der Waals surface area contributed by atoms with Crippen molar-refractivity contribution >= 4 is 34.0 Å². The number of rotatable bonds is 3. The van der Waals surface area contributed by atoms with E-state index >= 15 is 0 Å². The van der Waals surface area contributed by atoms with Crippen molar-refractivity contribution in [2.75, 3.05) is 5.73 Å². The lowest BCUT2D eigenvalue weighted by molar-refractivity contribution is 0.0341. The summed E-state index contributed by atoms with van der Waals surface area (Å²) < 4.78 is 5.69. The van der Waals surface area contributed by atoms with Gasteiger partial charge in [0.15, 0.2) is 0 Å². The fourth-order valence-electron chi connectivity index (χ4n) is 3.59. The third kappa shape index (κ3) is 2.75. The Bertz CT molecular complexity index is 986. The number of nitrogens with two attached hydrogens (primary N) is 1. The average Bonchev–Trinajstić information content (AvgIpc) is 3.02.